The SMILES string of the molecule is NC1(c2nc3cnccn3c2Cl)CC1. The van der Waals surface area contributed by atoms with Gasteiger partial charge < -0.3 is 5.73 Å². The standard InChI is InChI=1S/C9H9ClN4/c10-8-7(9(11)1-2-9)13-6-5-12-3-4-14(6)8/h3-5H,1-2,11H2. The first-order valence-corrected chi connectivity index (χ1v) is 4.85. The Kier molecular flexibility index (Phi) is 1.44. The van der Waals surface area contributed by atoms with Crippen molar-refractivity contribution in [2.45, 2.75) is 18.4 Å². The molecule has 0 aromatic carbocycles. The van der Waals surface area contributed by atoms with E-state index in [4.69, 9.17) is 17.3 Å². The summed E-state index contributed by atoms with van der Waals surface area (Å²) in [6.45, 7) is 0. The van der Waals surface area contributed by atoms with Crippen LogP contribution in [0.25, 0.3) is 5.65 Å². The molecule has 0 saturated heterocycles. The van der Waals surface area contributed by atoms with Gasteiger partial charge in [0.15, 0.2) is 5.65 Å². The molecule has 0 atom stereocenters. The molecule has 0 bridgehead atoms. The maximum Gasteiger partial charge on any atom is 0.156 e. The van der Waals surface area contributed by atoms with Crippen molar-refractivity contribution < 1.29 is 0 Å². The van der Waals surface area contributed by atoms with E-state index in [1.54, 1.807) is 23.0 Å². The van der Waals surface area contributed by atoms with E-state index in [1.165, 1.54) is 0 Å². The Balaban J connectivity index is 2.31. The number of rotatable bonds is 1. The minimum Gasteiger partial charge on any atom is -0.320 e. The monoisotopic (exact) mass is 208 g/mol. The van der Waals surface area contributed by atoms with E-state index in [1.807, 2.05) is 0 Å². The summed E-state index contributed by atoms with van der Waals surface area (Å²) in [5.74, 6) is 0. The topological polar surface area (TPSA) is 56.2 Å². The molecule has 1 aliphatic carbocycles. The Morgan fingerprint density at radius 3 is 2.93 bits per heavy atom. The van der Waals surface area contributed by atoms with Gasteiger partial charge in [-0.1, -0.05) is 11.6 Å². The quantitative estimate of drug-likeness (QED) is 0.769. The van der Waals surface area contributed by atoms with Crippen molar-refractivity contribution in [3.05, 3.63) is 29.4 Å². The summed E-state index contributed by atoms with van der Waals surface area (Å²) in [6, 6.07) is 0. The molecule has 2 aromatic heterocycles. The Hall–Kier alpha value is -1.13. The summed E-state index contributed by atoms with van der Waals surface area (Å²) in [5.41, 5.74) is 7.32. The number of aromatic nitrogens is 3. The van der Waals surface area contributed by atoms with Gasteiger partial charge in [-0.05, 0) is 12.8 Å². The zero-order valence-electron chi connectivity index (χ0n) is 7.44. The Morgan fingerprint density at radius 2 is 2.29 bits per heavy atom. The van der Waals surface area contributed by atoms with Gasteiger partial charge in [-0.15, -0.1) is 0 Å². The predicted molar refractivity (Wildman–Crippen MR) is 53.1 cm³/mol. The fraction of sp³-hybridized carbons (Fsp3) is 0.333. The molecule has 14 heavy (non-hydrogen) atoms. The average molecular weight is 209 g/mol. The van der Waals surface area contributed by atoms with Crippen LogP contribution >= 0.6 is 11.6 Å². The van der Waals surface area contributed by atoms with Crippen LogP contribution in [0.3, 0.4) is 0 Å². The molecule has 1 fully saturated rings. The summed E-state index contributed by atoms with van der Waals surface area (Å²) in [6.07, 6.45) is 7.08. The molecule has 2 N–H and O–H groups in total. The number of halogens is 1. The second-order valence-corrected chi connectivity index (χ2v) is 4.07. The molecule has 2 heterocycles. The highest BCUT2D eigenvalue weighted by Gasteiger charge is 2.44. The third-order valence-electron chi connectivity index (χ3n) is 2.63. The normalized spacial score (nSPS) is 18.7. The van der Waals surface area contributed by atoms with Crippen LogP contribution in [0.1, 0.15) is 18.5 Å². The van der Waals surface area contributed by atoms with Crippen molar-refractivity contribution in [2.24, 2.45) is 5.73 Å². The van der Waals surface area contributed by atoms with Gasteiger partial charge in [0.25, 0.3) is 0 Å². The van der Waals surface area contributed by atoms with E-state index >= 15 is 0 Å². The highest BCUT2D eigenvalue weighted by atomic mass is 35.5. The van der Waals surface area contributed by atoms with Crippen LogP contribution in [-0.4, -0.2) is 14.4 Å². The van der Waals surface area contributed by atoms with Crippen molar-refractivity contribution in [3.63, 3.8) is 0 Å². The molecule has 4 nitrogen and oxygen atoms in total. The molecule has 0 aliphatic heterocycles. The molecule has 72 valence electrons. The van der Waals surface area contributed by atoms with Crippen LogP contribution in [-0.2, 0) is 5.54 Å². The smallest absolute Gasteiger partial charge is 0.156 e. The maximum atomic E-state index is 6.17. The molecule has 1 aliphatic rings. The van der Waals surface area contributed by atoms with Crippen LogP contribution < -0.4 is 5.73 Å². The van der Waals surface area contributed by atoms with E-state index in [9.17, 15) is 0 Å². The van der Waals surface area contributed by atoms with Crippen molar-refractivity contribution in [2.75, 3.05) is 0 Å². The second kappa shape index (κ2) is 2.46. The zero-order valence-corrected chi connectivity index (χ0v) is 8.20. The van der Waals surface area contributed by atoms with Crippen molar-refractivity contribution in [1.29, 1.82) is 0 Å². The van der Waals surface area contributed by atoms with E-state index in [-0.39, 0.29) is 5.54 Å². The van der Waals surface area contributed by atoms with Crippen molar-refractivity contribution in [3.8, 4) is 0 Å². The largest absolute Gasteiger partial charge is 0.320 e. The molecule has 0 radical (unpaired) electrons. The molecule has 0 unspecified atom stereocenters. The lowest BCUT2D eigenvalue weighted by molar-refractivity contribution is 0.715. The summed E-state index contributed by atoms with van der Waals surface area (Å²) in [5, 5.41) is 0.613. The second-order valence-electron chi connectivity index (χ2n) is 3.71. The summed E-state index contributed by atoms with van der Waals surface area (Å²) < 4.78 is 1.80. The molecule has 2 aromatic rings. The summed E-state index contributed by atoms with van der Waals surface area (Å²) in [7, 11) is 0. The maximum absolute atomic E-state index is 6.17. The van der Waals surface area contributed by atoms with Crippen LogP contribution in [0.15, 0.2) is 18.6 Å². The fourth-order valence-electron chi connectivity index (χ4n) is 1.57. The van der Waals surface area contributed by atoms with Gasteiger partial charge >= 0.3 is 0 Å². The number of hydrogen-bond donors (Lipinski definition) is 1. The van der Waals surface area contributed by atoms with Crippen molar-refractivity contribution >= 4 is 17.2 Å². The third kappa shape index (κ3) is 0.980. The Morgan fingerprint density at radius 1 is 1.50 bits per heavy atom. The van der Waals surface area contributed by atoms with Gasteiger partial charge in [0, 0.05) is 12.4 Å². The highest BCUT2D eigenvalue weighted by molar-refractivity contribution is 6.30. The molecule has 1 saturated carbocycles. The van der Waals surface area contributed by atoms with Crippen LogP contribution in [0.2, 0.25) is 5.15 Å². The first kappa shape index (κ1) is 8.20. The lowest BCUT2D eigenvalue weighted by Gasteiger charge is -2.03. The molecule has 3 rings (SSSR count). The number of nitrogens with zero attached hydrogens (tertiary/aromatic N) is 3. The van der Waals surface area contributed by atoms with E-state index in [2.05, 4.69) is 9.97 Å². The molecule has 0 spiro atoms. The number of hydrogen-bond acceptors (Lipinski definition) is 3. The van der Waals surface area contributed by atoms with E-state index in [0.717, 1.165) is 24.2 Å². The lowest BCUT2D eigenvalue weighted by atomic mass is 10.2. The minimum absolute atomic E-state index is 0.289. The average Bonchev–Trinajstić information content (AvgIpc) is 2.84. The molecule has 5 heteroatoms. The summed E-state index contributed by atoms with van der Waals surface area (Å²) in [4.78, 5) is 8.38. The lowest BCUT2D eigenvalue weighted by Crippen LogP contribution is -2.19. The predicted octanol–water partition coefficient (Wildman–Crippen LogP) is 1.33. The van der Waals surface area contributed by atoms with Crippen LogP contribution in [0.4, 0.5) is 0 Å². The number of fused-ring (bicyclic) bond motifs is 1. The van der Waals surface area contributed by atoms with Crippen LogP contribution in [0.5, 0.6) is 0 Å². The van der Waals surface area contributed by atoms with E-state index in [0.29, 0.717) is 5.15 Å². The van der Waals surface area contributed by atoms with Gasteiger partial charge in [0.1, 0.15) is 5.15 Å². The van der Waals surface area contributed by atoms with E-state index < -0.39 is 0 Å². The first-order chi connectivity index (χ1) is 6.71. The Bertz CT molecular complexity index is 500. The van der Waals surface area contributed by atoms with Gasteiger partial charge in [0.2, 0.25) is 0 Å². The zero-order chi connectivity index (χ0) is 9.76. The molecular formula is C9H9ClN4. The summed E-state index contributed by atoms with van der Waals surface area (Å²) >= 11 is 6.17. The van der Waals surface area contributed by atoms with Gasteiger partial charge in [0.05, 0.1) is 17.4 Å². The Labute approximate surface area is 85.7 Å². The van der Waals surface area contributed by atoms with Crippen LogP contribution in [0, 0.1) is 0 Å². The minimum atomic E-state index is -0.289. The number of nitrogens with two attached hydrogens (primary N) is 1. The van der Waals surface area contributed by atoms with Crippen molar-refractivity contribution in [1.82, 2.24) is 14.4 Å². The highest BCUT2D eigenvalue weighted by Crippen LogP contribution is 2.44. The molecular weight excluding hydrogens is 200 g/mol. The fourth-order valence-corrected chi connectivity index (χ4v) is 1.94. The van der Waals surface area contributed by atoms with Gasteiger partial charge in [-0.3, -0.25) is 9.38 Å². The van der Waals surface area contributed by atoms with Gasteiger partial charge in [-0.25, -0.2) is 4.98 Å². The number of imidazole rings is 1. The first-order valence-electron chi connectivity index (χ1n) is 4.48. The third-order valence-corrected chi connectivity index (χ3v) is 2.99. The van der Waals surface area contributed by atoms with Gasteiger partial charge in [-0.2, -0.15) is 0 Å². The molecule has 0 amide bonds.